The Balaban J connectivity index is 2.10. The second kappa shape index (κ2) is 4.15. The summed E-state index contributed by atoms with van der Waals surface area (Å²) < 4.78 is 1.14. The van der Waals surface area contributed by atoms with E-state index in [4.69, 9.17) is 5.73 Å². The molecule has 0 spiro atoms. The predicted octanol–water partition coefficient (Wildman–Crippen LogP) is 3.90. The molecule has 2 heteroatoms. The van der Waals surface area contributed by atoms with E-state index in [0.717, 1.165) is 23.7 Å². The molecule has 0 amide bonds. The number of rotatable bonds is 2. The van der Waals surface area contributed by atoms with Crippen molar-refractivity contribution in [3.05, 3.63) is 34.3 Å². The van der Waals surface area contributed by atoms with Crippen LogP contribution < -0.4 is 5.73 Å². The highest BCUT2D eigenvalue weighted by atomic mass is 79.9. The number of hydrogen-bond donors (Lipinski definition) is 1. The fourth-order valence-electron chi connectivity index (χ4n) is 2.92. The molecule has 88 valence electrons. The third kappa shape index (κ3) is 2.86. The molecule has 1 nitrogen and oxygen atoms in total. The van der Waals surface area contributed by atoms with Crippen molar-refractivity contribution in [2.24, 2.45) is 11.1 Å². The molecule has 1 fully saturated rings. The van der Waals surface area contributed by atoms with Crippen LogP contribution in [0, 0.1) is 5.41 Å². The van der Waals surface area contributed by atoms with E-state index in [9.17, 15) is 0 Å². The van der Waals surface area contributed by atoms with Crippen LogP contribution in [0.1, 0.15) is 38.7 Å². The van der Waals surface area contributed by atoms with Gasteiger partial charge in [0.15, 0.2) is 0 Å². The van der Waals surface area contributed by atoms with Crippen LogP contribution in [0.5, 0.6) is 0 Å². The molecule has 16 heavy (non-hydrogen) atoms. The van der Waals surface area contributed by atoms with Gasteiger partial charge in [-0.1, -0.05) is 41.9 Å². The summed E-state index contributed by atoms with van der Waals surface area (Å²) >= 11 is 3.51. The van der Waals surface area contributed by atoms with Gasteiger partial charge in [0.25, 0.3) is 0 Å². The molecule has 1 unspecified atom stereocenters. The van der Waals surface area contributed by atoms with Crippen molar-refractivity contribution in [2.75, 3.05) is 0 Å². The summed E-state index contributed by atoms with van der Waals surface area (Å²) in [4.78, 5) is 0. The Morgan fingerprint density at radius 3 is 2.62 bits per heavy atom. The lowest BCUT2D eigenvalue weighted by Crippen LogP contribution is -2.40. The number of halogens is 1. The Morgan fingerprint density at radius 2 is 2.06 bits per heavy atom. The van der Waals surface area contributed by atoms with Gasteiger partial charge in [-0.3, -0.25) is 0 Å². The smallest absolute Gasteiger partial charge is 0.0200 e. The van der Waals surface area contributed by atoms with Crippen LogP contribution in [0.3, 0.4) is 0 Å². The molecule has 1 saturated carbocycles. The third-order valence-electron chi connectivity index (χ3n) is 3.58. The highest BCUT2D eigenvalue weighted by Gasteiger charge is 2.40. The zero-order chi connectivity index (χ0) is 11.8. The van der Waals surface area contributed by atoms with Crippen molar-refractivity contribution in [3.8, 4) is 0 Å². The summed E-state index contributed by atoms with van der Waals surface area (Å²) in [5.41, 5.74) is 8.27. The maximum atomic E-state index is 6.50. The number of hydrogen-bond acceptors (Lipinski definition) is 1. The minimum Gasteiger partial charge on any atom is -0.325 e. The lowest BCUT2D eigenvalue weighted by Gasteiger charge is -2.26. The quantitative estimate of drug-likeness (QED) is 0.874. The summed E-state index contributed by atoms with van der Waals surface area (Å²) in [5, 5.41) is 0. The second-order valence-corrected chi connectivity index (χ2v) is 6.93. The van der Waals surface area contributed by atoms with Gasteiger partial charge in [-0.2, -0.15) is 0 Å². The van der Waals surface area contributed by atoms with Crippen LogP contribution in [-0.4, -0.2) is 5.54 Å². The first-order valence-electron chi connectivity index (χ1n) is 5.92. The zero-order valence-corrected chi connectivity index (χ0v) is 11.7. The van der Waals surface area contributed by atoms with E-state index >= 15 is 0 Å². The molecule has 0 bridgehead atoms. The highest BCUT2D eigenvalue weighted by molar-refractivity contribution is 9.10. The SMILES string of the molecule is CC1(C)CCC(N)(Cc2cccc(Br)c2)C1. The summed E-state index contributed by atoms with van der Waals surface area (Å²) in [7, 11) is 0. The minimum absolute atomic E-state index is 0.00426. The molecular weight excluding hydrogens is 262 g/mol. The number of benzene rings is 1. The van der Waals surface area contributed by atoms with Crippen molar-refractivity contribution >= 4 is 15.9 Å². The van der Waals surface area contributed by atoms with E-state index in [0.29, 0.717) is 5.41 Å². The Hall–Kier alpha value is -0.340. The largest absolute Gasteiger partial charge is 0.325 e. The third-order valence-corrected chi connectivity index (χ3v) is 4.07. The van der Waals surface area contributed by atoms with Gasteiger partial charge in [-0.15, -0.1) is 0 Å². The van der Waals surface area contributed by atoms with Gasteiger partial charge in [0.2, 0.25) is 0 Å². The van der Waals surface area contributed by atoms with Crippen molar-refractivity contribution in [1.29, 1.82) is 0 Å². The predicted molar refractivity (Wildman–Crippen MR) is 72.4 cm³/mol. The van der Waals surface area contributed by atoms with Gasteiger partial charge in [-0.05, 0) is 48.8 Å². The van der Waals surface area contributed by atoms with Crippen LogP contribution in [-0.2, 0) is 6.42 Å². The average Bonchev–Trinajstić information content (AvgIpc) is 2.40. The minimum atomic E-state index is 0.00426. The Bertz CT molecular complexity index is 386. The van der Waals surface area contributed by atoms with Crippen molar-refractivity contribution in [1.82, 2.24) is 0 Å². The molecule has 1 atom stereocenters. The van der Waals surface area contributed by atoms with Gasteiger partial charge in [0.1, 0.15) is 0 Å². The standard InChI is InChI=1S/C14H20BrN/c1-13(2)6-7-14(16,10-13)9-11-4-3-5-12(15)8-11/h3-5,8H,6-7,9-10,16H2,1-2H3. The fraction of sp³-hybridized carbons (Fsp3) is 0.571. The van der Waals surface area contributed by atoms with E-state index in [1.165, 1.54) is 12.0 Å². The lowest BCUT2D eigenvalue weighted by molar-refractivity contribution is 0.334. The van der Waals surface area contributed by atoms with Gasteiger partial charge in [0.05, 0.1) is 0 Å². The molecule has 1 aliphatic rings. The Morgan fingerprint density at radius 1 is 1.31 bits per heavy atom. The molecule has 0 heterocycles. The molecule has 0 saturated heterocycles. The maximum absolute atomic E-state index is 6.50. The van der Waals surface area contributed by atoms with Crippen LogP contribution >= 0.6 is 15.9 Å². The van der Waals surface area contributed by atoms with Crippen LogP contribution in [0.2, 0.25) is 0 Å². The summed E-state index contributed by atoms with van der Waals surface area (Å²) in [6, 6.07) is 8.50. The molecule has 1 aromatic rings. The Labute approximate surface area is 107 Å². The molecule has 0 radical (unpaired) electrons. The topological polar surface area (TPSA) is 26.0 Å². The molecule has 0 aliphatic heterocycles. The summed E-state index contributed by atoms with van der Waals surface area (Å²) in [5.74, 6) is 0. The highest BCUT2D eigenvalue weighted by Crippen LogP contribution is 2.43. The first-order valence-corrected chi connectivity index (χ1v) is 6.71. The second-order valence-electron chi connectivity index (χ2n) is 6.01. The average molecular weight is 282 g/mol. The van der Waals surface area contributed by atoms with Gasteiger partial charge in [-0.25, -0.2) is 0 Å². The molecule has 2 rings (SSSR count). The van der Waals surface area contributed by atoms with Crippen molar-refractivity contribution in [3.63, 3.8) is 0 Å². The Kier molecular flexibility index (Phi) is 3.15. The zero-order valence-electron chi connectivity index (χ0n) is 10.1. The monoisotopic (exact) mass is 281 g/mol. The van der Waals surface area contributed by atoms with E-state index in [2.05, 4.69) is 54.0 Å². The van der Waals surface area contributed by atoms with Crippen LogP contribution in [0.15, 0.2) is 28.7 Å². The van der Waals surface area contributed by atoms with Crippen molar-refractivity contribution in [2.45, 2.75) is 45.1 Å². The summed E-state index contributed by atoms with van der Waals surface area (Å²) in [6.07, 6.45) is 4.52. The van der Waals surface area contributed by atoms with Gasteiger partial charge < -0.3 is 5.73 Å². The van der Waals surface area contributed by atoms with Gasteiger partial charge in [0, 0.05) is 10.0 Å². The number of nitrogens with two attached hydrogens (primary N) is 1. The molecule has 2 N–H and O–H groups in total. The molecule has 1 aromatic carbocycles. The van der Waals surface area contributed by atoms with Crippen LogP contribution in [0.25, 0.3) is 0 Å². The molecular formula is C14H20BrN. The molecule has 1 aliphatic carbocycles. The van der Waals surface area contributed by atoms with E-state index in [-0.39, 0.29) is 5.54 Å². The van der Waals surface area contributed by atoms with E-state index < -0.39 is 0 Å². The first-order chi connectivity index (χ1) is 7.39. The normalized spacial score (nSPS) is 28.2. The van der Waals surface area contributed by atoms with Gasteiger partial charge >= 0.3 is 0 Å². The fourth-order valence-corrected chi connectivity index (χ4v) is 3.37. The van der Waals surface area contributed by atoms with Crippen molar-refractivity contribution < 1.29 is 0 Å². The van der Waals surface area contributed by atoms with E-state index in [1.807, 2.05) is 0 Å². The van der Waals surface area contributed by atoms with Crippen LogP contribution in [0.4, 0.5) is 0 Å². The van der Waals surface area contributed by atoms with E-state index in [1.54, 1.807) is 0 Å². The first kappa shape index (κ1) is 12.1. The lowest BCUT2D eigenvalue weighted by atomic mass is 9.85. The molecule has 0 aromatic heterocycles. The summed E-state index contributed by atoms with van der Waals surface area (Å²) in [6.45, 7) is 4.64. The maximum Gasteiger partial charge on any atom is 0.0200 e.